The molecule has 1 unspecified atom stereocenters. The van der Waals surface area contributed by atoms with E-state index in [-0.39, 0.29) is 25.3 Å². The summed E-state index contributed by atoms with van der Waals surface area (Å²) in [7, 11) is 0. The van der Waals surface area contributed by atoms with Crippen LogP contribution in [0.15, 0.2) is 24.3 Å². The second kappa shape index (κ2) is 8.77. The maximum Gasteiger partial charge on any atom is 0.308 e. The lowest BCUT2D eigenvalue weighted by Gasteiger charge is -2.10. The summed E-state index contributed by atoms with van der Waals surface area (Å²) in [6, 6.07) is 7.06. The van der Waals surface area contributed by atoms with E-state index in [0.29, 0.717) is 17.4 Å². The van der Waals surface area contributed by atoms with Crippen molar-refractivity contribution in [2.75, 3.05) is 20.0 Å². The third-order valence-corrected chi connectivity index (χ3v) is 2.83. The van der Waals surface area contributed by atoms with Gasteiger partial charge in [0.15, 0.2) is 6.79 Å². The Bertz CT molecular complexity index is 395. The number of carbonyl (C=O) groups is 1. The van der Waals surface area contributed by atoms with Crippen molar-refractivity contribution < 1.29 is 19.0 Å². The Balaban J connectivity index is 2.07. The molecule has 0 aliphatic heterocycles. The Kier molecular flexibility index (Phi) is 7.30. The average Bonchev–Trinajstić information content (AvgIpc) is 2.41. The van der Waals surface area contributed by atoms with Gasteiger partial charge in [0.1, 0.15) is 12.4 Å². The molecular weight excluding hydrogens is 268 g/mol. The van der Waals surface area contributed by atoms with E-state index >= 15 is 0 Å². The van der Waals surface area contributed by atoms with Crippen molar-refractivity contribution in [2.45, 2.75) is 20.3 Å². The summed E-state index contributed by atoms with van der Waals surface area (Å²) in [6.07, 6.45) is 0.775. The number of esters is 1. The largest absolute Gasteiger partial charge is 0.468 e. The smallest absolute Gasteiger partial charge is 0.308 e. The molecule has 0 aliphatic carbocycles. The van der Waals surface area contributed by atoms with Crippen LogP contribution in [-0.2, 0) is 14.3 Å². The zero-order valence-electron chi connectivity index (χ0n) is 11.2. The van der Waals surface area contributed by atoms with Crippen molar-refractivity contribution >= 4 is 17.6 Å². The van der Waals surface area contributed by atoms with Gasteiger partial charge in [-0.3, -0.25) is 4.79 Å². The highest BCUT2D eigenvalue weighted by Gasteiger charge is 2.11. The van der Waals surface area contributed by atoms with Crippen LogP contribution in [0.1, 0.15) is 20.3 Å². The van der Waals surface area contributed by atoms with Gasteiger partial charge in [0.05, 0.1) is 12.5 Å². The predicted octanol–water partition coefficient (Wildman–Crippen LogP) is 3.28. The first-order valence-corrected chi connectivity index (χ1v) is 6.64. The molecule has 1 aromatic rings. The molecule has 19 heavy (non-hydrogen) atoms. The molecule has 0 spiro atoms. The van der Waals surface area contributed by atoms with Crippen LogP contribution in [0.3, 0.4) is 0 Å². The molecule has 1 atom stereocenters. The van der Waals surface area contributed by atoms with Gasteiger partial charge in [0, 0.05) is 5.02 Å². The summed E-state index contributed by atoms with van der Waals surface area (Å²) < 4.78 is 15.5. The first-order valence-electron chi connectivity index (χ1n) is 6.26. The van der Waals surface area contributed by atoms with E-state index in [1.54, 1.807) is 24.3 Å². The highest BCUT2D eigenvalue weighted by Crippen LogP contribution is 2.16. The first kappa shape index (κ1) is 15.8. The highest BCUT2D eigenvalue weighted by atomic mass is 35.5. The molecule has 0 saturated heterocycles. The molecule has 0 fully saturated rings. The fraction of sp³-hybridized carbons (Fsp3) is 0.500. The second-order valence-corrected chi connectivity index (χ2v) is 4.54. The number of benzene rings is 1. The summed E-state index contributed by atoms with van der Waals surface area (Å²) in [6.45, 7) is 4.43. The molecule has 0 aromatic heterocycles. The average molecular weight is 287 g/mol. The van der Waals surface area contributed by atoms with Gasteiger partial charge in [0.2, 0.25) is 0 Å². The molecule has 1 rings (SSSR count). The van der Waals surface area contributed by atoms with Crippen LogP contribution in [0.5, 0.6) is 5.75 Å². The van der Waals surface area contributed by atoms with Crippen molar-refractivity contribution in [2.24, 2.45) is 5.92 Å². The fourth-order valence-corrected chi connectivity index (χ4v) is 1.42. The quantitative estimate of drug-likeness (QED) is 0.418. The lowest BCUT2D eigenvalue weighted by Crippen LogP contribution is -2.17. The molecule has 0 radical (unpaired) electrons. The lowest BCUT2D eigenvalue weighted by molar-refractivity contribution is -0.150. The highest BCUT2D eigenvalue weighted by molar-refractivity contribution is 6.30. The van der Waals surface area contributed by atoms with Gasteiger partial charge in [0.25, 0.3) is 0 Å². The Hall–Kier alpha value is -1.26. The number of hydrogen-bond acceptors (Lipinski definition) is 4. The Morgan fingerprint density at radius 3 is 2.84 bits per heavy atom. The van der Waals surface area contributed by atoms with Crippen LogP contribution < -0.4 is 4.74 Å². The summed E-state index contributed by atoms with van der Waals surface area (Å²) in [5.74, 6) is 0.383. The normalized spacial score (nSPS) is 11.9. The van der Waals surface area contributed by atoms with E-state index < -0.39 is 0 Å². The number of rotatable bonds is 8. The third kappa shape index (κ3) is 6.45. The van der Waals surface area contributed by atoms with E-state index in [9.17, 15) is 4.79 Å². The van der Waals surface area contributed by atoms with Crippen LogP contribution >= 0.6 is 11.6 Å². The molecular formula is C14H19ClO4. The number of ether oxygens (including phenoxy) is 3. The van der Waals surface area contributed by atoms with Crippen LogP contribution in [0.4, 0.5) is 0 Å². The third-order valence-electron chi connectivity index (χ3n) is 2.59. The molecule has 0 saturated carbocycles. The SMILES string of the molecule is CCC(C)C(=O)OCCOCOc1cccc(Cl)c1. The topological polar surface area (TPSA) is 44.8 Å². The maximum absolute atomic E-state index is 11.3. The van der Waals surface area contributed by atoms with Gasteiger partial charge in [-0.15, -0.1) is 0 Å². The summed E-state index contributed by atoms with van der Waals surface area (Å²) >= 11 is 5.81. The van der Waals surface area contributed by atoms with Gasteiger partial charge in [-0.1, -0.05) is 31.5 Å². The molecule has 1 aromatic carbocycles. The Morgan fingerprint density at radius 1 is 1.37 bits per heavy atom. The van der Waals surface area contributed by atoms with E-state index in [2.05, 4.69) is 0 Å². The van der Waals surface area contributed by atoms with Crippen LogP contribution in [0.25, 0.3) is 0 Å². The predicted molar refractivity (Wildman–Crippen MR) is 73.3 cm³/mol. The van der Waals surface area contributed by atoms with Crippen LogP contribution in [0, 0.1) is 5.92 Å². The van der Waals surface area contributed by atoms with Crippen LogP contribution in [-0.4, -0.2) is 26.0 Å². The fourth-order valence-electron chi connectivity index (χ4n) is 1.24. The van der Waals surface area contributed by atoms with Crippen LogP contribution in [0.2, 0.25) is 5.02 Å². The Morgan fingerprint density at radius 2 is 2.16 bits per heavy atom. The minimum absolute atomic E-state index is 0.0669. The van der Waals surface area contributed by atoms with Crippen molar-refractivity contribution in [1.82, 2.24) is 0 Å². The molecule has 4 nitrogen and oxygen atoms in total. The van der Waals surface area contributed by atoms with Crippen molar-refractivity contribution in [1.29, 1.82) is 0 Å². The zero-order valence-corrected chi connectivity index (χ0v) is 12.0. The van der Waals surface area contributed by atoms with E-state index in [1.165, 1.54) is 0 Å². The molecule has 0 amide bonds. The Labute approximate surface area is 118 Å². The number of carbonyl (C=O) groups excluding carboxylic acids is 1. The number of hydrogen-bond donors (Lipinski definition) is 0. The van der Waals surface area contributed by atoms with E-state index in [0.717, 1.165) is 6.42 Å². The van der Waals surface area contributed by atoms with Crippen molar-refractivity contribution in [3.05, 3.63) is 29.3 Å². The lowest BCUT2D eigenvalue weighted by atomic mass is 10.1. The first-order chi connectivity index (χ1) is 9.13. The summed E-state index contributed by atoms with van der Waals surface area (Å²) in [5, 5.41) is 0.611. The van der Waals surface area contributed by atoms with Gasteiger partial charge < -0.3 is 14.2 Å². The summed E-state index contributed by atoms with van der Waals surface area (Å²) in [4.78, 5) is 11.3. The molecule has 5 heteroatoms. The minimum Gasteiger partial charge on any atom is -0.468 e. The van der Waals surface area contributed by atoms with Gasteiger partial charge in [-0.25, -0.2) is 0 Å². The van der Waals surface area contributed by atoms with E-state index in [1.807, 2.05) is 13.8 Å². The van der Waals surface area contributed by atoms with Gasteiger partial charge in [-0.2, -0.15) is 0 Å². The minimum atomic E-state index is -0.193. The molecule has 0 N–H and O–H groups in total. The van der Waals surface area contributed by atoms with E-state index in [4.69, 9.17) is 25.8 Å². The second-order valence-electron chi connectivity index (χ2n) is 4.10. The zero-order chi connectivity index (χ0) is 14.1. The van der Waals surface area contributed by atoms with Crippen molar-refractivity contribution in [3.8, 4) is 5.75 Å². The molecule has 106 valence electrons. The molecule has 0 aliphatic rings. The van der Waals surface area contributed by atoms with Gasteiger partial charge in [-0.05, 0) is 24.6 Å². The monoisotopic (exact) mass is 286 g/mol. The number of halogens is 1. The summed E-state index contributed by atoms with van der Waals surface area (Å²) in [5.41, 5.74) is 0. The maximum atomic E-state index is 11.3. The van der Waals surface area contributed by atoms with Crippen molar-refractivity contribution in [3.63, 3.8) is 0 Å². The standard InChI is InChI=1S/C14H19ClO4/c1-3-11(2)14(16)18-8-7-17-10-19-13-6-4-5-12(15)9-13/h4-6,9,11H,3,7-8,10H2,1-2H3. The van der Waals surface area contributed by atoms with Gasteiger partial charge >= 0.3 is 5.97 Å². The molecule has 0 heterocycles. The molecule has 0 bridgehead atoms.